The van der Waals surface area contributed by atoms with Gasteiger partial charge in [-0.15, -0.1) is 0 Å². The van der Waals surface area contributed by atoms with Crippen LogP contribution in [-0.4, -0.2) is 13.0 Å². The Labute approximate surface area is 110 Å². The van der Waals surface area contributed by atoms with E-state index in [2.05, 4.69) is 5.32 Å². The lowest BCUT2D eigenvalue weighted by molar-refractivity contribution is 0.0912. The maximum atomic E-state index is 13.6. The standard InChI is InChI=1S/C14H14FNO3/c1-9(16-14(17)13-4-3-7-19-13)10-5-6-12(18-2)11(15)8-10/h3-9H,1-2H3,(H,16,17). The second-order valence-corrected chi connectivity index (χ2v) is 4.07. The van der Waals surface area contributed by atoms with Crippen LogP contribution in [0.4, 0.5) is 4.39 Å². The van der Waals surface area contributed by atoms with Gasteiger partial charge in [-0.1, -0.05) is 6.07 Å². The van der Waals surface area contributed by atoms with Gasteiger partial charge in [0, 0.05) is 0 Å². The van der Waals surface area contributed by atoms with Gasteiger partial charge in [-0.05, 0) is 36.8 Å². The number of hydrogen-bond acceptors (Lipinski definition) is 3. The summed E-state index contributed by atoms with van der Waals surface area (Å²) in [4.78, 5) is 11.8. The number of hydrogen-bond donors (Lipinski definition) is 1. The summed E-state index contributed by atoms with van der Waals surface area (Å²) in [5.41, 5.74) is 0.651. The number of benzene rings is 1. The first-order valence-corrected chi connectivity index (χ1v) is 5.79. The summed E-state index contributed by atoms with van der Waals surface area (Å²) in [7, 11) is 1.40. The average Bonchev–Trinajstić information content (AvgIpc) is 2.92. The normalized spacial score (nSPS) is 11.9. The summed E-state index contributed by atoms with van der Waals surface area (Å²) in [6.45, 7) is 1.77. The Hall–Kier alpha value is -2.30. The number of carbonyl (C=O) groups excluding carboxylic acids is 1. The molecule has 1 amide bonds. The van der Waals surface area contributed by atoms with Gasteiger partial charge in [0.2, 0.25) is 0 Å². The Kier molecular flexibility index (Phi) is 3.85. The number of carbonyl (C=O) groups is 1. The summed E-state index contributed by atoms with van der Waals surface area (Å²) in [6.07, 6.45) is 1.42. The fourth-order valence-electron chi connectivity index (χ4n) is 1.71. The molecule has 100 valence electrons. The maximum absolute atomic E-state index is 13.6. The zero-order valence-corrected chi connectivity index (χ0v) is 10.6. The van der Waals surface area contributed by atoms with Crippen LogP contribution < -0.4 is 10.1 Å². The lowest BCUT2D eigenvalue weighted by atomic mass is 10.1. The summed E-state index contributed by atoms with van der Waals surface area (Å²) in [6, 6.07) is 7.43. The van der Waals surface area contributed by atoms with Crippen LogP contribution in [0.25, 0.3) is 0 Å². The highest BCUT2D eigenvalue weighted by atomic mass is 19.1. The van der Waals surface area contributed by atoms with Gasteiger partial charge in [-0.3, -0.25) is 4.79 Å². The van der Waals surface area contributed by atoms with E-state index in [1.165, 1.54) is 25.5 Å². The molecule has 2 rings (SSSR count). The van der Waals surface area contributed by atoms with Crippen molar-refractivity contribution in [3.63, 3.8) is 0 Å². The van der Waals surface area contributed by atoms with Crippen LogP contribution in [0, 0.1) is 5.82 Å². The van der Waals surface area contributed by atoms with E-state index in [9.17, 15) is 9.18 Å². The number of amides is 1. The lowest BCUT2D eigenvalue weighted by Gasteiger charge is -2.14. The molecule has 19 heavy (non-hydrogen) atoms. The third-order valence-corrected chi connectivity index (χ3v) is 2.77. The van der Waals surface area contributed by atoms with Crippen molar-refractivity contribution in [2.24, 2.45) is 0 Å². The van der Waals surface area contributed by atoms with Gasteiger partial charge in [0.25, 0.3) is 5.91 Å². The molecule has 0 radical (unpaired) electrons. The number of halogens is 1. The Morgan fingerprint density at radius 1 is 1.42 bits per heavy atom. The van der Waals surface area contributed by atoms with Gasteiger partial charge in [0.1, 0.15) is 0 Å². The van der Waals surface area contributed by atoms with E-state index in [-0.39, 0.29) is 23.5 Å². The highest BCUT2D eigenvalue weighted by Crippen LogP contribution is 2.21. The van der Waals surface area contributed by atoms with Crippen LogP contribution in [0.5, 0.6) is 5.75 Å². The number of nitrogens with one attached hydrogen (secondary N) is 1. The van der Waals surface area contributed by atoms with E-state index < -0.39 is 5.82 Å². The molecule has 1 unspecified atom stereocenters. The first kappa shape index (κ1) is 13.1. The Balaban J connectivity index is 2.09. The number of furan rings is 1. The van der Waals surface area contributed by atoms with Crippen LogP contribution in [0.2, 0.25) is 0 Å². The zero-order chi connectivity index (χ0) is 13.8. The summed E-state index contributed by atoms with van der Waals surface area (Å²) in [5, 5.41) is 2.72. The largest absolute Gasteiger partial charge is 0.494 e. The predicted molar refractivity (Wildman–Crippen MR) is 67.5 cm³/mol. The van der Waals surface area contributed by atoms with E-state index >= 15 is 0 Å². The molecule has 1 heterocycles. The van der Waals surface area contributed by atoms with E-state index in [4.69, 9.17) is 9.15 Å². The molecule has 0 aliphatic carbocycles. The van der Waals surface area contributed by atoms with Gasteiger partial charge < -0.3 is 14.5 Å². The molecule has 0 aliphatic heterocycles. The minimum atomic E-state index is -0.459. The Morgan fingerprint density at radius 2 is 2.21 bits per heavy atom. The molecule has 0 fully saturated rings. The van der Waals surface area contributed by atoms with Gasteiger partial charge in [-0.2, -0.15) is 0 Å². The summed E-state index contributed by atoms with van der Waals surface area (Å²) in [5.74, 6) is -0.401. The molecule has 0 bridgehead atoms. The quantitative estimate of drug-likeness (QED) is 0.922. The smallest absolute Gasteiger partial charge is 0.287 e. The first-order valence-electron chi connectivity index (χ1n) is 5.79. The summed E-state index contributed by atoms with van der Waals surface area (Å²) >= 11 is 0. The van der Waals surface area contributed by atoms with Crippen LogP contribution in [-0.2, 0) is 0 Å². The zero-order valence-electron chi connectivity index (χ0n) is 10.6. The van der Waals surface area contributed by atoms with Gasteiger partial charge >= 0.3 is 0 Å². The van der Waals surface area contributed by atoms with Crippen molar-refractivity contribution >= 4 is 5.91 Å². The molecule has 5 heteroatoms. The van der Waals surface area contributed by atoms with Crippen molar-refractivity contribution in [3.8, 4) is 5.75 Å². The minimum absolute atomic E-state index is 0.174. The number of methoxy groups -OCH3 is 1. The number of rotatable bonds is 4. The molecule has 1 N–H and O–H groups in total. The molecule has 0 saturated carbocycles. The third kappa shape index (κ3) is 2.93. The highest BCUT2D eigenvalue weighted by Gasteiger charge is 2.14. The second kappa shape index (κ2) is 5.56. The van der Waals surface area contributed by atoms with Crippen molar-refractivity contribution in [3.05, 3.63) is 53.7 Å². The predicted octanol–water partition coefficient (Wildman–Crippen LogP) is 2.92. The van der Waals surface area contributed by atoms with Crippen LogP contribution in [0.15, 0.2) is 41.0 Å². The van der Waals surface area contributed by atoms with Crippen LogP contribution in [0.3, 0.4) is 0 Å². The van der Waals surface area contributed by atoms with Crippen molar-refractivity contribution in [2.45, 2.75) is 13.0 Å². The molecule has 4 nitrogen and oxygen atoms in total. The average molecular weight is 263 g/mol. The number of ether oxygens (including phenoxy) is 1. The van der Waals surface area contributed by atoms with E-state index in [0.717, 1.165) is 0 Å². The highest BCUT2D eigenvalue weighted by molar-refractivity contribution is 5.91. The molecular formula is C14H14FNO3. The maximum Gasteiger partial charge on any atom is 0.287 e. The summed E-state index contributed by atoms with van der Waals surface area (Å²) < 4.78 is 23.4. The monoisotopic (exact) mass is 263 g/mol. The molecule has 0 saturated heterocycles. The van der Waals surface area contributed by atoms with E-state index in [1.54, 1.807) is 25.1 Å². The van der Waals surface area contributed by atoms with E-state index in [0.29, 0.717) is 5.56 Å². The van der Waals surface area contributed by atoms with Crippen molar-refractivity contribution in [1.82, 2.24) is 5.32 Å². The van der Waals surface area contributed by atoms with E-state index in [1.807, 2.05) is 0 Å². The molecule has 2 aromatic rings. The second-order valence-electron chi connectivity index (χ2n) is 4.07. The minimum Gasteiger partial charge on any atom is -0.494 e. The molecule has 1 atom stereocenters. The lowest BCUT2D eigenvalue weighted by Crippen LogP contribution is -2.26. The SMILES string of the molecule is COc1ccc(C(C)NC(=O)c2ccco2)cc1F. The Bertz CT molecular complexity index is 566. The first-order chi connectivity index (χ1) is 9.11. The fourth-order valence-corrected chi connectivity index (χ4v) is 1.71. The van der Waals surface area contributed by atoms with Gasteiger partial charge in [0.15, 0.2) is 17.3 Å². The van der Waals surface area contributed by atoms with Crippen LogP contribution in [0.1, 0.15) is 29.1 Å². The van der Waals surface area contributed by atoms with Crippen molar-refractivity contribution < 1.29 is 18.3 Å². The molecule has 1 aromatic carbocycles. The Morgan fingerprint density at radius 3 is 2.79 bits per heavy atom. The molecular weight excluding hydrogens is 249 g/mol. The third-order valence-electron chi connectivity index (χ3n) is 2.77. The van der Waals surface area contributed by atoms with Crippen LogP contribution >= 0.6 is 0 Å². The molecule has 1 aromatic heterocycles. The molecule has 0 spiro atoms. The molecule has 0 aliphatic rings. The van der Waals surface area contributed by atoms with Crippen molar-refractivity contribution in [2.75, 3.05) is 7.11 Å². The fraction of sp³-hybridized carbons (Fsp3) is 0.214. The van der Waals surface area contributed by atoms with Gasteiger partial charge in [0.05, 0.1) is 19.4 Å². The van der Waals surface area contributed by atoms with Gasteiger partial charge in [-0.25, -0.2) is 4.39 Å². The topological polar surface area (TPSA) is 51.5 Å². The van der Waals surface area contributed by atoms with Crippen molar-refractivity contribution in [1.29, 1.82) is 0 Å².